The highest BCUT2D eigenvalue weighted by atomic mass is 19.1. The summed E-state index contributed by atoms with van der Waals surface area (Å²) in [7, 11) is 0. The molecule has 0 spiro atoms. The Morgan fingerprint density at radius 2 is 1.92 bits per heavy atom. The predicted molar refractivity (Wildman–Crippen MR) is 48.0 cm³/mol. The first-order valence-corrected chi connectivity index (χ1v) is 5.23. The van der Waals surface area contributed by atoms with Gasteiger partial charge in [-0.3, -0.25) is 4.90 Å². The van der Waals surface area contributed by atoms with Crippen molar-refractivity contribution in [3.05, 3.63) is 0 Å². The molecule has 2 unspecified atom stereocenters. The lowest BCUT2D eigenvalue weighted by Gasteiger charge is -2.44. The van der Waals surface area contributed by atoms with Crippen LogP contribution in [0.15, 0.2) is 0 Å². The number of halogens is 1. The zero-order valence-corrected chi connectivity index (χ0v) is 7.64. The van der Waals surface area contributed by atoms with E-state index in [1.807, 2.05) is 0 Å². The highest BCUT2D eigenvalue weighted by Crippen LogP contribution is 2.29. The molecule has 2 atom stereocenters. The minimum absolute atomic E-state index is 0.128. The first-order chi connectivity index (χ1) is 5.92. The van der Waals surface area contributed by atoms with Crippen LogP contribution in [0.25, 0.3) is 0 Å². The Bertz CT molecular complexity index is 140. The molecule has 2 heterocycles. The maximum absolute atomic E-state index is 12.6. The van der Waals surface area contributed by atoms with Gasteiger partial charge in [-0.25, -0.2) is 4.39 Å². The number of hydrogen-bond donors (Lipinski definition) is 0. The average molecular weight is 171 g/mol. The van der Waals surface area contributed by atoms with Crippen LogP contribution in [0, 0.1) is 0 Å². The number of rotatable bonds is 1. The molecule has 70 valence electrons. The highest BCUT2D eigenvalue weighted by molar-refractivity contribution is 4.86. The van der Waals surface area contributed by atoms with Crippen LogP contribution in [0.4, 0.5) is 4.39 Å². The monoisotopic (exact) mass is 171 g/mol. The summed E-state index contributed by atoms with van der Waals surface area (Å²) in [5.74, 6) is 0. The standard InChI is InChI=1S/C10H18FN/c11-8-10-6-3-5-9-4-1-2-7-12(9)10/h9-10H,1-8H2. The Morgan fingerprint density at radius 1 is 1.08 bits per heavy atom. The van der Waals surface area contributed by atoms with E-state index in [0.29, 0.717) is 0 Å². The fraction of sp³-hybridized carbons (Fsp3) is 1.00. The Hall–Kier alpha value is -0.110. The van der Waals surface area contributed by atoms with Crippen LogP contribution in [0.2, 0.25) is 0 Å². The first kappa shape index (κ1) is 8.49. The van der Waals surface area contributed by atoms with E-state index in [9.17, 15) is 4.39 Å². The summed E-state index contributed by atoms with van der Waals surface area (Å²) in [5, 5.41) is 0. The molecule has 0 aromatic rings. The fourth-order valence-electron chi connectivity index (χ4n) is 2.73. The zero-order chi connectivity index (χ0) is 8.39. The molecule has 0 radical (unpaired) electrons. The molecule has 0 aromatic heterocycles. The number of piperidine rings is 2. The maximum atomic E-state index is 12.6. The Labute approximate surface area is 73.9 Å². The molecule has 1 nitrogen and oxygen atoms in total. The van der Waals surface area contributed by atoms with Gasteiger partial charge in [0.15, 0.2) is 0 Å². The second-order valence-electron chi connectivity index (χ2n) is 4.13. The van der Waals surface area contributed by atoms with Crippen LogP contribution in [0.3, 0.4) is 0 Å². The lowest BCUT2D eigenvalue weighted by Crippen LogP contribution is -2.50. The second kappa shape index (κ2) is 3.73. The van der Waals surface area contributed by atoms with Gasteiger partial charge in [0.2, 0.25) is 0 Å². The summed E-state index contributed by atoms with van der Waals surface area (Å²) in [6.07, 6.45) is 7.61. The summed E-state index contributed by atoms with van der Waals surface area (Å²) in [6, 6.07) is 0.997. The molecule has 0 amide bonds. The number of alkyl halides is 1. The number of fused-ring (bicyclic) bond motifs is 1. The second-order valence-corrected chi connectivity index (χ2v) is 4.13. The molecular weight excluding hydrogens is 153 g/mol. The van der Waals surface area contributed by atoms with Crippen molar-refractivity contribution in [2.75, 3.05) is 13.2 Å². The SMILES string of the molecule is FCC1CCCC2CCCCN12. The molecule has 2 aliphatic rings. The van der Waals surface area contributed by atoms with E-state index in [0.717, 1.165) is 19.0 Å². The predicted octanol–water partition coefficient (Wildman–Crippen LogP) is 2.36. The van der Waals surface area contributed by atoms with Gasteiger partial charge in [0.05, 0.1) is 0 Å². The largest absolute Gasteiger partial charge is 0.295 e. The van der Waals surface area contributed by atoms with Gasteiger partial charge in [0.25, 0.3) is 0 Å². The van der Waals surface area contributed by atoms with E-state index in [4.69, 9.17) is 0 Å². The normalized spacial score (nSPS) is 37.8. The Kier molecular flexibility index (Phi) is 2.64. The molecule has 0 saturated carbocycles. The van der Waals surface area contributed by atoms with Gasteiger partial charge in [0.1, 0.15) is 6.67 Å². The van der Waals surface area contributed by atoms with Crippen molar-refractivity contribution < 1.29 is 4.39 Å². The van der Waals surface area contributed by atoms with Crippen molar-refractivity contribution in [1.82, 2.24) is 4.90 Å². The summed E-state index contributed by atoms with van der Waals surface area (Å²) in [4.78, 5) is 2.42. The summed E-state index contributed by atoms with van der Waals surface area (Å²) >= 11 is 0. The molecule has 0 bridgehead atoms. The van der Waals surface area contributed by atoms with Crippen molar-refractivity contribution in [2.24, 2.45) is 0 Å². The van der Waals surface area contributed by atoms with Crippen molar-refractivity contribution in [2.45, 2.75) is 50.6 Å². The third-order valence-electron chi connectivity index (χ3n) is 3.39. The minimum Gasteiger partial charge on any atom is -0.295 e. The molecule has 0 N–H and O–H groups in total. The van der Waals surface area contributed by atoms with Gasteiger partial charge < -0.3 is 0 Å². The third kappa shape index (κ3) is 1.49. The van der Waals surface area contributed by atoms with Crippen molar-refractivity contribution in [3.8, 4) is 0 Å². The van der Waals surface area contributed by atoms with Gasteiger partial charge in [0, 0.05) is 12.1 Å². The van der Waals surface area contributed by atoms with Gasteiger partial charge in [-0.05, 0) is 32.2 Å². The quantitative estimate of drug-likeness (QED) is 0.585. The fourth-order valence-corrected chi connectivity index (χ4v) is 2.73. The van der Waals surface area contributed by atoms with E-state index in [2.05, 4.69) is 4.90 Å². The molecular formula is C10H18FN. The van der Waals surface area contributed by atoms with Crippen molar-refractivity contribution >= 4 is 0 Å². The van der Waals surface area contributed by atoms with Crippen molar-refractivity contribution in [3.63, 3.8) is 0 Å². The summed E-state index contributed by atoms with van der Waals surface area (Å²) in [6.45, 7) is 1.02. The number of hydrogen-bond acceptors (Lipinski definition) is 1. The smallest absolute Gasteiger partial charge is 0.105 e. The number of nitrogens with zero attached hydrogens (tertiary/aromatic N) is 1. The highest BCUT2D eigenvalue weighted by Gasteiger charge is 2.31. The maximum Gasteiger partial charge on any atom is 0.105 e. The van der Waals surface area contributed by atoms with Crippen LogP contribution in [0.5, 0.6) is 0 Å². The Morgan fingerprint density at radius 3 is 2.75 bits per heavy atom. The van der Waals surface area contributed by atoms with E-state index in [1.54, 1.807) is 0 Å². The third-order valence-corrected chi connectivity index (χ3v) is 3.39. The van der Waals surface area contributed by atoms with E-state index < -0.39 is 0 Å². The van der Waals surface area contributed by atoms with Crippen LogP contribution >= 0.6 is 0 Å². The lowest BCUT2D eigenvalue weighted by molar-refractivity contribution is 0.0398. The van der Waals surface area contributed by atoms with Gasteiger partial charge in [-0.2, -0.15) is 0 Å². The first-order valence-electron chi connectivity index (χ1n) is 5.23. The molecule has 0 aromatic carbocycles. The van der Waals surface area contributed by atoms with E-state index >= 15 is 0 Å². The van der Waals surface area contributed by atoms with Crippen LogP contribution in [0.1, 0.15) is 38.5 Å². The molecule has 2 saturated heterocycles. The average Bonchev–Trinajstić information content (AvgIpc) is 2.17. The van der Waals surface area contributed by atoms with Gasteiger partial charge in [-0.15, -0.1) is 0 Å². The summed E-state index contributed by atoms with van der Waals surface area (Å²) in [5.41, 5.74) is 0. The Balaban J connectivity index is 1.99. The molecule has 0 aliphatic carbocycles. The molecule has 2 fully saturated rings. The van der Waals surface area contributed by atoms with E-state index in [1.165, 1.54) is 32.1 Å². The lowest BCUT2D eigenvalue weighted by atomic mass is 9.89. The van der Waals surface area contributed by atoms with E-state index in [-0.39, 0.29) is 12.7 Å². The molecule has 2 heteroatoms. The van der Waals surface area contributed by atoms with Crippen LogP contribution in [-0.2, 0) is 0 Å². The molecule has 12 heavy (non-hydrogen) atoms. The zero-order valence-electron chi connectivity index (χ0n) is 7.64. The minimum atomic E-state index is -0.128. The van der Waals surface area contributed by atoms with Gasteiger partial charge >= 0.3 is 0 Å². The van der Waals surface area contributed by atoms with Crippen molar-refractivity contribution in [1.29, 1.82) is 0 Å². The summed E-state index contributed by atoms with van der Waals surface area (Å²) < 4.78 is 12.6. The molecule has 2 aliphatic heterocycles. The van der Waals surface area contributed by atoms with Gasteiger partial charge in [-0.1, -0.05) is 12.8 Å². The van der Waals surface area contributed by atoms with Crippen LogP contribution in [-0.4, -0.2) is 30.2 Å². The van der Waals surface area contributed by atoms with Crippen LogP contribution < -0.4 is 0 Å². The molecule has 2 rings (SSSR count). The topological polar surface area (TPSA) is 3.24 Å².